The fourth-order valence-corrected chi connectivity index (χ4v) is 5.36. The molecule has 0 bridgehead atoms. The number of amides is 3. The number of aliphatic imine (C=N–C) groups is 1. The summed E-state index contributed by atoms with van der Waals surface area (Å²) in [5, 5.41) is 5.87. The number of nitrogens with one attached hydrogen (secondary N) is 2. The molecule has 2 aromatic carbocycles. The smallest absolute Gasteiger partial charge is 0.247 e. The second-order valence-electron chi connectivity index (χ2n) is 9.72. The number of pyridine rings is 1. The van der Waals surface area contributed by atoms with Crippen LogP contribution in [-0.2, 0) is 20.9 Å². The van der Waals surface area contributed by atoms with Gasteiger partial charge in [0, 0.05) is 17.9 Å². The summed E-state index contributed by atoms with van der Waals surface area (Å²) in [4.78, 5) is 49.5. The minimum atomic E-state index is -0.717. The molecule has 0 radical (unpaired) electrons. The fraction of sp³-hybridized carbons (Fsp3) is 0.300. The number of thioether (sulfide) groups is 1. The zero-order chi connectivity index (χ0) is 27.9. The van der Waals surface area contributed by atoms with Gasteiger partial charge in [0.1, 0.15) is 11.3 Å². The molecule has 2 heterocycles. The summed E-state index contributed by atoms with van der Waals surface area (Å²) in [6.45, 7) is 7.78. The maximum atomic E-state index is 13.4. The van der Waals surface area contributed by atoms with E-state index in [0.717, 1.165) is 16.8 Å². The molecule has 1 aliphatic heterocycles. The standard InChI is InChI=1S/C30H33N5O3S/c1-19(2)32-30-35(18-25-12-8-9-17-31-25)29(38)26(39-30)23-13-15-24(16-14-23)34-28(37)21(4)33-27(36)20(3)22-10-6-5-7-11-22/h5-17,19-21,26H,18H2,1-4H3,(H,33,36)(H,34,37)/t20-,21-,26?/m0/s1. The molecule has 1 fully saturated rings. The van der Waals surface area contributed by atoms with Crippen LogP contribution in [0.25, 0.3) is 0 Å². The Hall–Kier alpha value is -3.98. The Balaban J connectivity index is 1.39. The Morgan fingerprint density at radius 1 is 0.949 bits per heavy atom. The van der Waals surface area contributed by atoms with Gasteiger partial charge in [0.25, 0.3) is 0 Å². The van der Waals surface area contributed by atoms with Crippen LogP contribution in [0.3, 0.4) is 0 Å². The monoisotopic (exact) mass is 543 g/mol. The van der Waals surface area contributed by atoms with Crippen LogP contribution >= 0.6 is 11.8 Å². The van der Waals surface area contributed by atoms with Crippen molar-refractivity contribution in [2.45, 2.75) is 57.5 Å². The predicted molar refractivity (Wildman–Crippen MR) is 155 cm³/mol. The number of aromatic nitrogens is 1. The van der Waals surface area contributed by atoms with E-state index in [9.17, 15) is 14.4 Å². The van der Waals surface area contributed by atoms with Crippen molar-refractivity contribution >= 4 is 40.3 Å². The minimum Gasteiger partial charge on any atom is -0.344 e. The van der Waals surface area contributed by atoms with Gasteiger partial charge in [-0.1, -0.05) is 60.3 Å². The highest BCUT2D eigenvalue weighted by Crippen LogP contribution is 2.40. The summed E-state index contributed by atoms with van der Waals surface area (Å²) in [5.74, 6) is -0.963. The van der Waals surface area contributed by atoms with Crippen molar-refractivity contribution in [3.63, 3.8) is 0 Å². The number of benzene rings is 2. The Morgan fingerprint density at radius 3 is 2.28 bits per heavy atom. The van der Waals surface area contributed by atoms with Crippen LogP contribution in [0.4, 0.5) is 5.69 Å². The third kappa shape index (κ3) is 7.11. The van der Waals surface area contributed by atoms with E-state index in [1.807, 2.05) is 81.4 Å². The summed E-state index contributed by atoms with van der Waals surface area (Å²) >= 11 is 1.42. The lowest BCUT2D eigenvalue weighted by molar-refractivity contribution is -0.127. The summed E-state index contributed by atoms with van der Waals surface area (Å²) in [7, 11) is 0. The lowest BCUT2D eigenvalue weighted by atomic mass is 10.0. The van der Waals surface area contributed by atoms with Crippen LogP contribution in [0.5, 0.6) is 0 Å². The summed E-state index contributed by atoms with van der Waals surface area (Å²) in [5.41, 5.74) is 3.08. The lowest BCUT2D eigenvalue weighted by Crippen LogP contribution is -2.43. The maximum Gasteiger partial charge on any atom is 0.247 e. The third-order valence-electron chi connectivity index (χ3n) is 6.29. The van der Waals surface area contributed by atoms with Crippen molar-refractivity contribution in [1.29, 1.82) is 0 Å². The second-order valence-corrected chi connectivity index (χ2v) is 10.8. The quantitative estimate of drug-likeness (QED) is 0.399. The number of rotatable bonds is 9. The van der Waals surface area contributed by atoms with Gasteiger partial charge in [-0.15, -0.1) is 0 Å². The zero-order valence-electron chi connectivity index (χ0n) is 22.5. The average Bonchev–Trinajstić information content (AvgIpc) is 3.23. The normalized spacial score (nSPS) is 17.8. The van der Waals surface area contributed by atoms with Gasteiger partial charge < -0.3 is 10.6 Å². The topological polar surface area (TPSA) is 104 Å². The number of amidine groups is 1. The van der Waals surface area contributed by atoms with Crippen molar-refractivity contribution in [3.8, 4) is 0 Å². The van der Waals surface area contributed by atoms with Crippen LogP contribution in [0, 0.1) is 0 Å². The van der Waals surface area contributed by atoms with E-state index in [-0.39, 0.29) is 29.7 Å². The molecule has 3 aromatic rings. The Kier molecular flexibility index (Phi) is 9.14. The highest BCUT2D eigenvalue weighted by atomic mass is 32.2. The SMILES string of the molecule is CC(C)N=C1SC(c2ccc(NC(=O)[C@H](C)NC(=O)[C@@H](C)c3ccccc3)cc2)C(=O)N1Cc1ccccn1. The molecule has 1 aromatic heterocycles. The Morgan fingerprint density at radius 2 is 1.64 bits per heavy atom. The number of carbonyl (C=O) groups excluding carboxylic acids is 3. The van der Waals surface area contributed by atoms with E-state index >= 15 is 0 Å². The average molecular weight is 544 g/mol. The molecule has 39 heavy (non-hydrogen) atoms. The van der Waals surface area contributed by atoms with Gasteiger partial charge in [-0.25, -0.2) is 0 Å². The number of hydrogen-bond donors (Lipinski definition) is 2. The summed E-state index contributed by atoms with van der Waals surface area (Å²) < 4.78 is 0. The summed E-state index contributed by atoms with van der Waals surface area (Å²) in [6.07, 6.45) is 1.71. The van der Waals surface area contributed by atoms with Crippen molar-refractivity contribution in [3.05, 3.63) is 95.8 Å². The summed E-state index contributed by atoms with van der Waals surface area (Å²) in [6, 6.07) is 21.6. The molecular weight excluding hydrogens is 510 g/mol. The number of anilines is 1. The van der Waals surface area contributed by atoms with E-state index in [4.69, 9.17) is 0 Å². The van der Waals surface area contributed by atoms with E-state index in [2.05, 4.69) is 20.6 Å². The van der Waals surface area contributed by atoms with Gasteiger partial charge in [0.15, 0.2) is 5.17 Å². The van der Waals surface area contributed by atoms with Crippen molar-refractivity contribution in [2.24, 2.45) is 4.99 Å². The third-order valence-corrected chi connectivity index (χ3v) is 7.53. The molecule has 0 spiro atoms. The molecule has 8 nitrogen and oxygen atoms in total. The van der Waals surface area contributed by atoms with Gasteiger partial charge in [-0.3, -0.25) is 29.3 Å². The van der Waals surface area contributed by atoms with Gasteiger partial charge in [0.2, 0.25) is 17.7 Å². The largest absolute Gasteiger partial charge is 0.344 e. The first kappa shape index (κ1) is 28.0. The molecule has 1 saturated heterocycles. The molecule has 0 saturated carbocycles. The van der Waals surface area contributed by atoms with Crippen molar-refractivity contribution in [2.75, 3.05) is 5.32 Å². The van der Waals surface area contributed by atoms with Crippen LogP contribution in [-0.4, -0.2) is 44.9 Å². The first-order valence-corrected chi connectivity index (χ1v) is 13.8. The molecule has 3 atom stereocenters. The van der Waals surface area contributed by atoms with E-state index in [1.165, 1.54) is 11.8 Å². The zero-order valence-corrected chi connectivity index (χ0v) is 23.3. The maximum absolute atomic E-state index is 13.4. The van der Waals surface area contributed by atoms with Crippen LogP contribution < -0.4 is 10.6 Å². The highest BCUT2D eigenvalue weighted by Gasteiger charge is 2.39. The number of carbonyl (C=O) groups is 3. The fourth-order valence-electron chi connectivity index (χ4n) is 4.07. The van der Waals surface area contributed by atoms with Gasteiger partial charge in [0.05, 0.1) is 18.2 Å². The van der Waals surface area contributed by atoms with E-state index < -0.39 is 11.3 Å². The van der Waals surface area contributed by atoms with E-state index in [0.29, 0.717) is 17.4 Å². The Bertz CT molecular complexity index is 1330. The molecule has 9 heteroatoms. The predicted octanol–water partition coefficient (Wildman–Crippen LogP) is 4.91. The first-order valence-electron chi connectivity index (χ1n) is 12.9. The molecular formula is C30H33N5O3S. The number of nitrogens with zero attached hydrogens (tertiary/aromatic N) is 3. The van der Waals surface area contributed by atoms with Gasteiger partial charge >= 0.3 is 0 Å². The minimum absolute atomic E-state index is 0.0426. The molecule has 1 aliphatic rings. The highest BCUT2D eigenvalue weighted by molar-refractivity contribution is 8.15. The van der Waals surface area contributed by atoms with Crippen LogP contribution in [0.15, 0.2) is 84.0 Å². The lowest BCUT2D eigenvalue weighted by Gasteiger charge is -2.18. The molecule has 2 N–H and O–H groups in total. The molecule has 202 valence electrons. The van der Waals surface area contributed by atoms with Gasteiger partial charge in [-0.05, 0) is 63.1 Å². The first-order chi connectivity index (χ1) is 18.7. The van der Waals surface area contributed by atoms with Crippen molar-refractivity contribution in [1.82, 2.24) is 15.2 Å². The van der Waals surface area contributed by atoms with Crippen LogP contribution in [0.2, 0.25) is 0 Å². The van der Waals surface area contributed by atoms with E-state index in [1.54, 1.807) is 30.2 Å². The molecule has 0 aliphatic carbocycles. The molecule has 3 amide bonds. The van der Waals surface area contributed by atoms with Gasteiger partial charge in [-0.2, -0.15) is 0 Å². The second kappa shape index (κ2) is 12.7. The Labute approximate surface area is 233 Å². The number of hydrogen-bond acceptors (Lipinski definition) is 6. The molecule has 4 rings (SSSR count). The molecule has 1 unspecified atom stereocenters. The van der Waals surface area contributed by atoms with Crippen molar-refractivity contribution < 1.29 is 14.4 Å². The van der Waals surface area contributed by atoms with Crippen LogP contribution in [0.1, 0.15) is 55.7 Å².